The number of ether oxygens (including phenoxy) is 1. The molecule has 22 heavy (non-hydrogen) atoms. The highest BCUT2D eigenvalue weighted by molar-refractivity contribution is 5.86. The Hall–Kier alpha value is -1.59. The van der Waals surface area contributed by atoms with E-state index in [0.29, 0.717) is 0 Å². The molecule has 0 saturated carbocycles. The number of carbonyl (C=O) groups is 1. The molecule has 1 aromatic rings. The number of nitrogens with one attached hydrogen (secondary N) is 2. The number of benzene rings is 1. The Morgan fingerprint density at radius 2 is 2.27 bits per heavy atom. The van der Waals surface area contributed by atoms with E-state index in [4.69, 9.17) is 4.74 Å². The van der Waals surface area contributed by atoms with E-state index >= 15 is 0 Å². The molecule has 2 unspecified atom stereocenters. The van der Waals surface area contributed by atoms with E-state index < -0.39 is 11.6 Å². The van der Waals surface area contributed by atoms with Gasteiger partial charge in [-0.1, -0.05) is 12.1 Å². The van der Waals surface area contributed by atoms with Crippen molar-refractivity contribution < 1.29 is 14.6 Å². The SMILES string of the molecule is CC(C)Oc1cccc(C(O)CNC(=O)C2(C)CCCN2)c1. The van der Waals surface area contributed by atoms with Crippen LogP contribution in [0.3, 0.4) is 0 Å². The van der Waals surface area contributed by atoms with Crippen molar-refractivity contribution in [2.75, 3.05) is 13.1 Å². The Labute approximate surface area is 132 Å². The van der Waals surface area contributed by atoms with Gasteiger partial charge < -0.3 is 20.5 Å². The summed E-state index contributed by atoms with van der Waals surface area (Å²) in [6.07, 6.45) is 1.17. The van der Waals surface area contributed by atoms with E-state index in [1.54, 1.807) is 0 Å². The van der Waals surface area contributed by atoms with Crippen molar-refractivity contribution in [1.82, 2.24) is 10.6 Å². The van der Waals surface area contributed by atoms with Gasteiger partial charge >= 0.3 is 0 Å². The van der Waals surface area contributed by atoms with Crippen LogP contribution in [0, 0.1) is 0 Å². The first kappa shape index (κ1) is 16.8. The van der Waals surface area contributed by atoms with Crippen LogP contribution in [0.25, 0.3) is 0 Å². The Kier molecular flexibility index (Phi) is 5.42. The lowest BCUT2D eigenvalue weighted by molar-refractivity contribution is -0.127. The van der Waals surface area contributed by atoms with Gasteiger partial charge in [0.1, 0.15) is 5.75 Å². The minimum atomic E-state index is -0.746. The monoisotopic (exact) mass is 306 g/mol. The van der Waals surface area contributed by atoms with Crippen LogP contribution in [0.1, 0.15) is 45.3 Å². The zero-order chi connectivity index (χ0) is 16.2. The molecular formula is C17H26N2O3. The molecule has 0 bridgehead atoms. The molecule has 3 N–H and O–H groups in total. The number of rotatable bonds is 6. The number of hydrogen-bond acceptors (Lipinski definition) is 4. The minimum Gasteiger partial charge on any atom is -0.491 e. The second kappa shape index (κ2) is 7.11. The molecule has 1 aliphatic rings. The fourth-order valence-corrected chi connectivity index (χ4v) is 2.66. The van der Waals surface area contributed by atoms with E-state index in [2.05, 4.69) is 10.6 Å². The van der Waals surface area contributed by atoms with Crippen LogP contribution < -0.4 is 15.4 Å². The van der Waals surface area contributed by atoms with Gasteiger partial charge in [0, 0.05) is 6.54 Å². The second-order valence-electron chi connectivity index (χ2n) is 6.33. The van der Waals surface area contributed by atoms with Crippen LogP contribution in [0.15, 0.2) is 24.3 Å². The van der Waals surface area contributed by atoms with Crippen molar-refractivity contribution >= 4 is 5.91 Å². The largest absolute Gasteiger partial charge is 0.491 e. The molecule has 1 fully saturated rings. The van der Waals surface area contributed by atoms with Crippen molar-refractivity contribution in [2.24, 2.45) is 0 Å². The lowest BCUT2D eigenvalue weighted by Crippen LogP contribution is -2.51. The first-order chi connectivity index (χ1) is 10.4. The topological polar surface area (TPSA) is 70.6 Å². The van der Waals surface area contributed by atoms with E-state index in [9.17, 15) is 9.90 Å². The Morgan fingerprint density at radius 1 is 1.50 bits per heavy atom. The maximum Gasteiger partial charge on any atom is 0.240 e. The third-order valence-corrected chi connectivity index (χ3v) is 3.94. The molecule has 0 spiro atoms. The predicted molar refractivity (Wildman–Crippen MR) is 85.8 cm³/mol. The lowest BCUT2D eigenvalue weighted by Gasteiger charge is -2.24. The average molecular weight is 306 g/mol. The van der Waals surface area contributed by atoms with Crippen LogP contribution in [0.2, 0.25) is 0 Å². The van der Waals surface area contributed by atoms with E-state index in [1.807, 2.05) is 45.0 Å². The van der Waals surface area contributed by atoms with Gasteiger partial charge in [0.2, 0.25) is 5.91 Å². The quantitative estimate of drug-likeness (QED) is 0.749. The molecule has 1 aliphatic heterocycles. The van der Waals surface area contributed by atoms with Crippen molar-refractivity contribution in [1.29, 1.82) is 0 Å². The third kappa shape index (κ3) is 4.21. The van der Waals surface area contributed by atoms with Gasteiger partial charge in [-0.25, -0.2) is 0 Å². The summed E-state index contributed by atoms with van der Waals surface area (Å²) in [5.41, 5.74) is 0.227. The summed E-state index contributed by atoms with van der Waals surface area (Å²) in [6.45, 7) is 6.87. The molecule has 0 radical (unpaired) electrons. The summed E-state index contributed by atoms with van der Waals surface area (Å²) in [4.78, 5) is 12.2. The summed E-state index contributed by atoms with van der Waals surface area (Å²) >= 11 is 0. The molecule has 5 heteroatoms. The van der Waals surface area contributed by atoms with E-state index in [0.717, 1.165) is 30.7 Å². The standard InChI is InChI=1S/C17H26N2O3/c1-12(2)22-14-7-4-6-13(10-14)15(20)11-18-16(21)17(3)8-5-9-19-17/h4,6-7,10,12,15,19-20H,5,8-9,11H2,1-3H3,(H,18,21). The van der Waals surface area contributed by atoms with Gasteiger partial charge in [-0.05, 0) is 57.9 Å². The molecule has 1 aromatic carbocycles. The van der Waals surface area contributed by atoms with E-state index in [-0.39, 0.29) is 18.6 Å². The van der Waals surface area contributed by atoms with Gasteiger partial charge in [-0.15, -0.1) is 0 Å². The van der Waals surface area contributed by atoms with Gasteiger partial charge in [0.25, 0.3) is 0 Å². The lowest BCUT2D eigenvalue weighted by atomic mass is 9.99. The van der Waals surface area contributed by atoms with Gasteiger partial charge in [-0.2, -0.15) is 0 Å². The molecule has 5 nitrogen and oxygen atoms in total. The van der Waals surface area contributed by atoms with Gasteiger partial charge in [0.15, 0.2) is 0 Å². The zero-order valence-corrected chi connectivity index (χ0v) is 13.6. The first-order valence-electron chi connectivity index (χ1n) is 7.89. The van der Waals surface area contributed by atoms with Crippen molar-refractivity contribution in [3.05, 3.63) is 29.8 Å². The Balaban J connectivity index is 1.91. The molecule has 2 atom stereocenters. The van der Waals surface area contributed by atoms with Gasteiger partial charge in [0.05, 0.1) is 17.7 Å². The highest BCUT2D eigenvalue weighted by Crippen LogP contribution is 2.21. The molecular weight excluding hydrogens is 280 g/mol. The van der Waals surface area contributed by atoms with Crippen LogP contribution >= 0.6 is 0 Å². The van der Waals surface area contributed by atoms with Crippen LogP contribution in [-0.4, -0.2) is 35.7 Å². The summed E-state index contributed by atoms with van der Waals surface area (Å²) in [7, 11) is 0. The van der Waals surface area contributed by atoms with Crippen LogP contribution in [0.4, 0.5) is 0 Å². The maximum atomic E-state index is 12.2. The highest BCUT2D eigenvalue weighted by atomic mass is 16.5. The van der Waals surface area contributed by atoms with E-state index in [1.165, 1.54) is 0 Å². The molecule has 1 heterocycles. The first-order valence-corrected chi connectivity index (χ1v) is 7.89. The van der Waals surface area contributed by atoms with Crippen molar-refractivity contribution in [3.8, 4) is 5.75 Å². The number of hydrogen-bond donors (Lipinski definition) is 3. The number of carbonyl (C=O) groups excluding carboxylic acids is 1. The molecule has 1 amide bonds. The molecule has 0 aliphatic carbocycles. The fourth-order valence-electron chi connectivity index (χ4n) is 2.66. The summed E-state index contributed by atoms with van der Waals surface area (Å²) in [5.74, 6) is 0.668. The summed E-state index contributed by atoms with van der Waals surface area (Å²) < 4.78 is 5.62. The zero-order valence-electron chi connectivity index (χ0n) is 13.6. The molecule has 122 valence electrons. The summed E-state index contributed by atoms with van der Waals surface area (Å²) in [5, 5.41) is 16.3. The van der Waals surface area contributed by atoms with Crippen molar-refractivity contribution in [3.63, 3.8) is 0 Å². The predicted octanol–water partition coefficient (Wildman–Crippen LogP) is 1.77. The van der Waals surface area contributed by atoms with Crippen molar-refractivity contribution in [2.45, 2.75) is 51.4 Å². The summed E-state index contributed by atoms with van der Waals surface area (Å²) in [6, 6.07) is 7.35. The number of aliphatic hydroxyl groups excluding tert-OH is 1. The normalized spacial score (nSPS) is 22.6. The third-order valence-electron chi connectivity index (χ3n) is 3.94. The maximum absolute atomic E-state index is 12.2. The fraction of sp³-hybridized carbons (Fsp3) is 0.588. The molecule has 1 saturated heterocycles. The minimum absolute atomic E-state index is 0.0568. The Bertz CT molecular complexity index is 510. The average Bonchev–Trinajstić information content (AvgIpc) is 2.92. The molecule has 2 rings (SSSR count). The number of aliphatic hydroxyl groups is 1. The smallest absolute Gasteiger partial charge is 0.240 e. The van der Waals surface area contributed by atoms with Gasteiger partial charge in [-0.3, -0.25) is 4.79 Å². The van der Waals surface area contributed by atoms with Crippen LogP contribution in [-0.2, 0) is 4.79 Å². The molecule has 0 aromatic heterocycles. The second-order valence-corrected chi connectivity index (χ2v) is 6.33. The number of amides is 1. The Morgan fingerprint density at radius 3 is 2.91 bits per heavy atom. The highest BCUT2D eigenvalue weighted by Gasteiger charge is 2.35. The van der Waals surface area contributed by atoms with Crippen LogP contribution in [0.5, 0.6) is 5.75 Å².